The Morgan fingerprint density at radius 3 is 2.35 bits per heavy atom. The molecule has 0 aromatic heterocycles. The molecule has 132 valence electrons. The molecule has 3 rings (SSSR count). The lowest BCUT2D eigenvalue weighted by Crippen LogP contribution is -1.98. The van der Waals surface area contributed by atoms with Crippen LogP contribution >= 0.6 is 34.8 Å². The number of rotatable bonds is 5. The van der Waals surface area contributed by atoms with E-state index >= 15 is 0 Å². The molecule has 0 amide bonds. The zero-order valence-corrected chi connectivity index (χ0v) is 16.3. The smallest absolute Gasteiger partial charge is 0.128 e. The van der Waals surface area contributed by atoms with Crippen LogP contribution in [0.3, 0.4) is 0 Å². The Morgan fingerprint density at radius 2 is 1.62 bits per heavy atom. The first kappa shape index (κ1) is 18.8. The van der Waals surface area contributed by atoms with Gasteiger partial charge in [-0.1, -0.05) is 53.0 Å². The lowest BCUT2D eigenvalue weighted by Gasteiger charge is -2.10. The van der Waals surface area contributed by atoms with Gasteiger partial charge in [-0.25, -0.2) is 0 Å². The summed E-state index contributed by atoms with van der Waals surface area (Å²) in [6.07, 6.45) is 1.73. The van der Waals surface area contributed by atoms with Gasteiger partial charge in [0.05, 0.1) is 5.69 Å². The van der Waals surface area contributed by atoms with Crippen molar-refractivity contribution in [1.82, 2.24) is 0 Å². The number of aliphatic imine (C=N–C) groups is 1. The van der Waals surface area contributed by atoms with E-state index in [-0.39, 0.29) is 0 Å². The third-order valence-electron chi connectivity index (χ3n) is 3.79. The number of halogens is 3. The molecule has 0 saturated heterocycles. The van der Waals surface area contributed by atoms with Crippen LogP contribution in [0.4, 0.5) is 5.69 Å². The molecule has 0 aliphatic heterocycles. The Hall–Kier alpha value is -2.00. The second-order valence-electron chi connectivity index (χ2n) is 5.79. The van der Waals surface area contributed by atoms with Gasteiger partial charge in [0.25, 0.3) is 0 Å². The molecule has 3 aromatic carbocycles. The zero-order chi connectivity index (χ0) is 18.5. The first-order chi connectivity index (χ1) is 12.5. The molecule has 0 spiro atoms. The Morgan fingerprint density at radius 1 is 0.885 bits per heavy atom. The Balaban J connectivity index is 1.79. The van der Waals surface area contributed by atoms with Crippen LogP contribution in [0.25, 0.3) is 0 Å². The average molecular weight is 405 g/mol. The summed E-state index contributed by atoms with van der Waals surface area (Å²) < 4.78 is 5.93. The number of hydrogen-bond acceptors (Lipinski definition) is 2. The van der Waals surface area contributed by atoms with Crippen LogP contribution < -0.4 is 4.74 Å². The van der Waals surface area contributed by atoms with E-state index in [1.807, 2.05) is 61.5 Å². The lowest BCUT2D eigenvalue weighted by molar-refractivity contribution is 0.306. The topological polar surface area (TPSA) is 21.6 Å². The summed E-state index contributed by atoms with van der Waals surface area (Å²) in [5.41, 5.74) is 3.60. The minimum Gasteiger partial charge on any atom is -0.488 e. The second kappa shape index (κ2) is 8.59. The normalized spacial score (nSPS) is 11.1. The Kier molecular flexibility index (Phi) is 6.20. The fourth-order valence-electron chi connectivity index (χ4n) is 2.30. The predicted molar refractivity (Wildman–Crippen MR) is 111 cm³/mol. The van der Waals surface area contributed by atoms with Gasteiger partial charge in [0.15, 0.2) is 0 Å². The quantitative estimate of drug-likeness (QED) is 0.409. The molecule has 0 atom stereocenters. The highest BCUT2D eigenvalue weighted by atomic mass is 35.5. The van der Waals surface area contributed by atoms with Crippen molar-refractivity contribution < 1.29 is 4.74 Å². The van der Waals surface area contributed by atoms with Crippen molar-refractivity contribution in [3.8, 4) is 5.75 Å². The highest BCUT2D eigenvalue weighted by molar-refractivity contribution is 6.31. The highest BCUT2D eigenvalue weighted by Crippen LogP contribution is 2.25. The predicted octanol–water partition coefficient (Wildman–Crippen LogP) is 7.28. The summed E-state index contributed by atoms with van der Waals surface area (Å²) in [6, 6.07) is 18.7. The molecule has 0 saturated carbocycles. The van der Waals surface area contributed by atoms with Crippen molar-refractivity contribution in [2.75, 3.05) is 0 Å². The molecular weight excluding hydrogens is 389 g/mol. The van der Waals surface area contributed by atoms with Crippen molar-refractivity contribution in [1.29, 1.82) is 0 Å². The third-order valence-corrected chi connectivity index (χ3v) is 4.68. The Labute approximate surface area is 168 Å². The molecule has 0 unspecified atom stereocenters. The number of benzene rings is 3. The van der Waals surface area contributed by atoms with Crippen molar-refractivity contribution in [3.05, 3.63) is 92.4 Å². The van der Waals surface area contributed by atoms with Crippen LogP contribution in [0, 0.1) is 6.92 Å². The van der Waals surface area contributed by atoms with Gasteiger partial charge in [-0.3, -0.25) is 4.99 Å². The van der Waals surface area contributed by atoms with E-state index in [0.717, 1.165) is 22.4 Å². The molecule has 3 aromatic rings. The summed E-state index contributed by atoms with van der Waals surface area (Å²) in [4.78, 5) is 4.48. The molecule has 0 bridgehead atoms. The average Bonchev–Trinajstić information content (AvgIpc) is 2.63. The van der Waals surface area contributed by atoms with Crippen LogP contribution in [-0.4, -0.2) is 6.21 Å². The van der Waals surface area contributed by atoms with Crippen LogP contribution in [0.1, 0.15) is 16.7 Å². The standard InChI is InChI=1S/C21H16Cl3NO/c1-14-2-8-19(11-20(14)24)25-12-16-10-18(23)7-9-21(16)26-13-15-3-5-17(22)6-4-15/h2-12H,13H2,1H3. The van der Waals surface area contributed by atoms with Gasteiger partial charge < -0.3 is 4.74 Å². The van der Waals surface area contributed by atoms with Gasteiger partial charge in [-0.15, -0.1) is 0 Å². The number of aryl methyl sites for hydroxylation is 1. The molecule has 0 N–H and O–H groups in total. The first-order valence-corrected chi connectivity index (χ1v) is 9.12. The molecule has 5 heteroatoms. The van der Waals surface area contributed by atoms with Crippen LogP contribution in [0.15, 0.2) is 65.7 Å². The number of ether oxygens (including phenoxy) is 1. The monoisotopic (exact) mass is 403 g/mol. The van der Waals surface area contributed by atoms with E-state index in [9.17, 15) is 0 Å². The SMILES string of the molecule is Cc1ccc(N=Cc2cc(Cl)ccc2OCc2ccc(Cl)cc2)cc1Cl. The van der Waals surface area contributed by atoms with E-state index in [1.165, 1.54) is 0 Å². The maximum absolute atomic E-state index is 6.15. The highest BCUT2D eigenvalue weighted by Gasteiger charge is 2.04. The lowest BCUT2D eigenvalue weighted by atomic mass is 10.2. The zero-order valence-electron chi connectivity index (χ0n) is 14.0. The number of hydrogen-bond donors (Lipinski definition) is 0. The van der Waals surface area contributed by atoms with Gasteiger partial charge >= 0.3 is 0 Å². The summed E-state index contributed by atoms with van der Waals surface area (Å²) in [6.45, 7) is 2.38. The van der Waals surface area contributed by atoms with Gasteiger partial charge in [0.2, 0.25) is 0 Å². The van der Waals surface area contributed by atoms with Crippen molar-refractivity contribution >= 4 is 46.7 Å². The minimum atomic E-state index is 0.427. The molecular formula is C21H16Cl3NO. The minimum absolute atomic E-state index is 0.427. The van der Waals surface area contributed by atoms with Crippen molar-refractivity contribution in [2.24, 2.45) is 4.99 Å². The summed E-state index contributed by atoms with van der Waals surface area (Å²) in [5, 5.41) is 2.00. The van der Waals surface area contributed by atoms with Gasteiger partial charge in [-0.05, 0) is 60.5 Å². The van der Waals surface area contributed by atoms with E-state index in [0.29, 0.717) is 27.4 Å². The van der Waals surface area contributed by atoms with Crippen LogP contribution in [0.2, 0.25) is 15.1 Å². The van der Waals surface area contributed by atoms with Crippen molar-refractivity contribution in [2.45, 2.75) is 13.5 Å². The van der Waals surface area contributed by atoms with E-state index in [1.54, 1.807) is 12.3 Å². The molecule has 0 fully saturated rings. The maximum atomic E-state index is 6.15. The maximum Gasteiger partial charge on any atom is 0.128 e. The Bertz CT molecular complexity index is 936. The third kappa shape index (κ3) is 5.01. The number of nitrogens with zero attached hydrogens (tertiary/aromatic N) is 1. The van der Waals surface area contributed by atoms with Gasteiger partial charge in [0.1, 0.15) is 12.4 Å². The fraction of sp³-hybridized carbons (Fsp3) is 0.0952. The molecule has 0 aliphatic carbocycles. The molecule has 26 heavy (non-hydrogen) atoms. The summed E-state index contributed by atoms with van der Waals surface area (Å²) in [7, 11) is 0. The largest absolute Gasteiger partial charge is 0.488 e. The molecule has 0 aliphatic rings. The van der Waals surface area contributed by atoms with Gasteiger partial charge in [-0.2, -0.15) is 0 Å². The van der Waals surface area contributed by atoms with E-state index in [4.69, 9.17) is 39.5 Å². The van der Waals surface area contributed by atoms with Gasteiger partial charge in [0, 0.05) is 26.8 Å². The molecule has 0 heterocycles. The molecule has 2 nitrogen and oxygen atoms in total. The summed E-state index contributed by atoms with van der Waals surface area (Å²) in [5.74, 6) is 0.700. The molecule has 0 radical (unpaired) electrons. The fourth-order valence-corrected chi connectivity index (χ4v) is 2.78. The summed E-state index contributed by atoms with van der Waals surface area (Å²) >= 11 is 18.2. The second-order valence-corrected chi connectivity index (χ2v) is 7.07. The van der Waals surface area contributed by atoms with Crippen LogP contribution in [-0.2, 0) is 6.61 Å². The van der Waals surface area contributed by atoms with Crippen molar-refractivity contribution in [3.63, 3.8) is 0 Å². The van der Waals surface area contributed by atoms with E-state index in [2.05, 4.69) is 4.99 Å². The first-order valence-electron chi connectivity index (χ1n) is 7.98. The van der Waals surface area contributed by atoms with Crippen LogP contribution in [0.5, 0.6) is 5.75 Å². The van der Waals surface area contributed by atoms with E-state index < -0.39 is 0 Å².